The van der Waals surface area contributed by atoms with Crippen LogP contribution in [0.1, 0.15) is 51.0 Å². The number of hydrogen-bond donors (Lipinski definition) is 0. The first-order valence-electron chi connectivity index (χ1n) is 7.23. The summed E-state index contributed by atoms with van der Waals surface area (Å²) in [6.45, 7) is 2.18. The van der Waals surface area contributed by atoms with Crippen molar-refractivity contribution in [2.75, 3.05) is 11.5 Å². The van der Waals surface area contributed by atoms with Gasteiger partial charge in [-0.3, -0.25) is 4.98 Å². The molecule has 0 aliphatic rings. The normalized spacial score (nSPS) is 11.6. The highest BCUT2D eigenvalue weighted by Gasteiger charge is 2.10. The third-order valence-electron chi connectivity index (χ3n) is 3.26. The molecule has 0 N–H and O–H groups in total. The average molecular weight is 283 g/mol. The molecule has 108 valence electrons. The van der Waals surface area contributed by atoms with E-state index in [0.717, 1.165) is 24.8 Å². The molecular formula is C15H25NO2S. The predicted octanol–water partition coefficient (Wildman–Crippen LogP) is 3.40. The molecule has 0 bridgehead atoms. The van der Waals surface area contributed by atoms with Crippen molar-refractivity contribution in [2.45, 2.75) is 51.9 Å². The maximum absolute atomic E-state index is 11.9. The van der Waals surface area contributed by atoms with Crippen LogP contribution >= 0.6 is 0 Å². The van der Waals surface area contributed by atoms with Crippen molar-refractivity contribution in [2.24, 2.45) is 0 Å². The van der Waals surface area contributed by atoms with E-state index in [0.29, 0.717) is 12.2 Å². The van der Waals surface area contributed by atoms with Crippen LogP contribution in [-0.2, 0) is 16.3 Å². The molecule has 19 heavy (non-hydrogen) atoms. The largest absolute Gasteiger partial charge is 0.265 e. The van der Waals surface area contributed by atoms with Gasteiger partial charge in [0.2, 0.25) is 0 Å². The van der Waals surface area contributed by atoms with Gasteiger partial charge < -0.3 is 0 Å². The number of aryl methyl sites for hydroxylation is 1. The molecule has 0 aliphatic heterocycles. The zero-order valence-electron chi connectivity index (χ0n) is 11.8. The van der Waals surface area contributed by atoms with Gasteiger partial charge in [0.05, 0.1) is 11.5 Å². The molecule has 0 saturated heterocycles. The molecule has 1 heterocycles. The van der Waals surface area contributed by atoms with Gasteiger partial charge in [0, 0.05) is 12.4 Å². The van der Waals surface area contributed by atoms with Crippen molar-refractivity contribution in [1.29, 1.82) is 0 Å². The lowest BCUT2D eigenvalue weighted by molar-refractivity contribution is 0.583. The van der Waals surface area contributed by atoms with Crippen LogP contribution in [0.25, 0.3) is 0 Å². The van der Waals surface area contributed by atoms with Crippen molar-refractivity contribution in [3.05, 3.63) is 30.1 Å². The van der Waals surface area contributed by atoms with Gasteiger partial charge in [0.15, 0.2) is 9.84 Å². The number of unbranched alkanes of at least 4 members (excludes halogenated alkanes) is 5. The van der Waals surface area contributed by atoms with Crippen molar-refractivity contribution in [3.8, 4) is 0 Å². The Kier molecular flexibility index (Phi) is 7.72. The van der Waals surface area contributed by atoms with E-state index in [1.54, 1.807) is 12.4 Å². The number of pyridine rings is 1. The molecule has 0 saturated carbocycles. The first kappa shape index (κ1) is 16.2. The van der Waals surface area contributed by atoms with E-state index in [9.17, 15) is 8.42 Å². The number of nitrogens with zero attached hydrogens (tertiary/aromatic N) is 1. The lowest BCUT2D eigenvalue weighted by Crippen LogP contribution is -2.13. The summed E-state index contributed by atoms with van der Waals surface area (Å²) < 4.78 is 23.8. The summed E-state index contributed by atoms with van der Waals surface area (Å²) in [5.41, 5.74) is 1.04. The maximum atomic E-state index is 11.9. The smallest absolute Gasteiger partial charge is 0.150 e. The van der Waals surface area contributed by atoms with E-state index in [-0.39, 0.29) is 5.75 Å². The summed E-state index contributed by atoms with van der Waals surface area (Å²) >= 11 is 0. The second kappa shape index (κ2) is 9.08. The molecule has 0 fully saturated rings. The minimum atomic E-state index is -2.89. The monoisotopic (exact) mass is 283 g/mol. The van der Waals surface area contributed by atoms with E-state index in [2.05, 4.69) is 11.9 Å². The third kappa shape index (κ3) is 7.98. The minimum absolute atomic E-state index is 0.256. The molecule has 0 unspecified atom stereocenters. The highest BCUT2D eigenvalue weighted by Crippen LogP contribution is 2.08. The second-order valence-corrected chi connectivity index (χ2v) is 7.33. The molecule has 1 aromatic heterocycles. The molecule has 0 aromatic carbocycles. The lowest BCUT2D eigenvalue weighted by Gasteiger charge is -2.04. The second-order valence-electron chi connectivity index (χ2n) is 5.03. The van der Waals surface area contributed by atoms with E-state index in [1.807, 2.05) is 12.1 Å². The third-order valence-corrected chi connectivity index (χ3v) is 5.00. The van der Waals surface area contributed by atoms with Gasteiger partial charge in [-0.15, -0.1) is 0 Å². The highest BCUT2D eigenvalue weighted by molar-refractivity contribution is 7.91. The Morgan fingerprint density at radius 1 is 0.947 bits per heavy atom. The van der Waals surface area contributed by atoms with Crippen LogP contribution in [0, 0.1) is 0 Å². The Morgan fingerprint density at radius 2 is 1.58 bits per heavy atom. The van der Waals surface area contributed by atoms with Gasteiger partial charge in [0.1, 0.15) is 0 Å². The first-order valence-corrected chi connectivity index (χ1v) is 9.05. The SMILES string of the molecule is CCCCCCCCS(=O)(=O)CCc1ccncc1. The molecule has 0 spiro atoms. The van der Waals surface area contributed by atoms with Crippen LogP contribution < -0.4 is 0 Å². The Balaban J connectivity index is 2.17. The van der Waals surface area contributed by atoms with Crippen molar-refractivity contribution < 1.29 is 8.42 Å². The Bertz CT molecular complexity index is 429. The van der Waals surface area contributed by atoms with Crippen LogP contribution in [0.15, 0.2) is 24.5 Å². The maximum Gasteiger partial charge on any atom is 0.150 e. The summed E-state index contributed by atoms with van der Waals surface area (Å²) in [6.07, 6.45) is 10.7. The molecule has 1 rings (SSSR count). The fourth-order valence-corrected chi connectivity index (χ4v) is 3.42. The van der Waals surface area contributed by atoms with E-state index < -0.39 is 9.84 Å². The predicted molar refractivity (Wildman–Crippen MR) is 80.0 cm³/mol. The number of hydrogen-bond acceptors (Lipinski definition) is 3. The molecule has 0 atom stereocenters. The topological polar surface area (TPSA) is 47.0 Å². The van der Waals surface area contributed by atoms with Crippen LogP contribution in [0.4, 0.5) is 0 Å². The molecule has 0 amide bonds. The molecule has 4 heteroatoms. The highest BCUT2D eigenvalue weighted by atomic mass is 32.2. The average Bonchev–Trinajstić information content (AvgIpc) is 2.42. The zero-order chi connectivity index (χ0) is 14.0. The molecule has 1 aromatic rings. The van der Waals surface area contributed by atoms with Gasteiger partial charge in [-0.25, -0.2) is 8.42 Å². The number of aromatic nitrogens is 1. The van der Waals surface area contributed by atoms with Gasteiger partial charge in [-0.05, 0) is 30.5 Å². The van der Waals surface area contributed by atoms with E-state index in [1.165, 1.54) is 19.3 Å². The Labute approximate surface area is 117 Å². The van der Waals surface area contributed by atoms with Gasteiger partial charge in [0.25, 0.3) is 0 Å². The van der Waals surface area contributed by atoms with Crippen molar-refractivity contribution in [1.82, 2.24) is 4.98 Å². The Hall–Kier alpha value is -0.900. The van der Waals surface area contributed by atoms with Crippen LogP contribution in [0.3, 0.4) is 0 Å². The summed E-state index contributed by atoms with van der Waals surface area (Å²) in [7, 11) is -2.89. The summed E-state index contributed by atoms with van der Waals surface area (Å²) in [6, 6.07) is 3.75. The van der Waals surface area contributed by atoms with Crippen LogP contribution in [0.2, 0.25) is 0 Å². The van der Waals surface area contributed by atoms with Crippen molar-refractivity contribution in [3.63, 3.8) is 0 Å². The quantitative estimate of drug-likeness (QED) is 0.618. The van der Waals surface area contributed by atoms with Gasteiger partial charge in [-0.2, -0.15) is 0 Å². The molecule has 3 nitrogen and oxygen atoms in total. The van der Waals surface area contributed by atoms with E-state index >= 15 is 0 Å². The van der Waals surface area contributed by atoms with Crippen LogP contribution in [-0.4, -0.2) is 24.9 Å². The zero-order valence-corrected chi connectivity index (χ0v) is 12.7. The molecule has 0 radical (unpaired) electrons. The minimum Gasteiger partial charge on any atom is -0.265 e. The standard InChI is InChI=1S/C15H25NO2S/c1-2-3-4-5-6-7-13-19(17,18)14-10-15-8-11-16-12-9-15/h8-9,11-12H,2-7,10,13-14H2,1H3. The summed E-state index contributed by atoms with van der Waals surface area (Å²) in [5.74, 6) is 0.593. The molecular weight excluding hydrogens is 258 g/mol. The lowest BCUT2D eigenvalue weighted by atomic mass is 10.1. The van der Waals surface area contributed by atoms with Gasteiger partial charge >= 0.3 is 0 Å². The summed E-state index contributed by atoms with van der Waals surface area (Å²) in [4.78, 5) is 3.93. The summed E-state index contributed by atoms with van der Waals surface area (Å²) in [5, 5.41) is 0. The first-order chi connectivity index (χ1) is 9.14. The van der Waals surface area contributed by atoms with Crippen molar-refractivity contribution >= 4 is 9.84 Å². The number of sulfone groups is 1. The van der Waals surface area contributed by atoms with Crippen LogP contribution in [0.5, 0.6) is 0 Å². The fourth-order valence-electron chi connectivity index (χ4n) is 2.03. The molecule has 0 aliphatic carbocycles. The Morgan fingerprint density at radius 3 is 2.26 bits per heavy atom. The fraction of sp³-hybridized carbons (Fsp3) is 0.667. The number of rotatable bonds is 10. The van der Waals surface area contributed by atoms with E-state index in [4.69, 9.17) is 0 Å². The van der Waals surface area contributed by atoms with Gasteiger partial charge in [-0.1, -0.05) is 39.0 Å².